The fraction of sp³-hybridized carbons (Fsp3) is 0.259. The SMILES string of the molecule is CCc1cc2c(=O)c(-c3nc(C)cs3)coc2cc1OC(C)C(=O)N[C@H](Cc1ccccc1)C(=O)O. The van der Waals surface area contributed by atoms with Crippen LogP contribution in [0.5, 0.6) is 5.75 Å². The Bertz CT molecular complexity index is 1460. The molecule has 0 aliphatic rings. The first-order valence-electron chi connectivity index (χ1n) is 11.5. The van der Waals surface area contributed by atoms with Gasteiger partial charge in [-0.25, -0.2) is 9.78 Å². The van der Waals surface area contributed by atoms with Gasteiger partial charge < -0.3 is 19.6 Å². The maximum atomic E-state index is 13.1. The van der Waals surface area contributed by atoms with Gasteiger partial charge in [0.05, 0.1) is 10.9 Å². The summed E-state index contributed by atoms with van der Waals surface area (Å²) in [6.07, 6.45) is 1.10. The van der Waals surface area contributed by atoms with Gasteiger partial charge in [-0.2, -0.15) is 0 Å². The van der Waals surface area contributed by atoms with Crippen molar-refractivity contribution in [3.63, 3.8) is 0 Å². The zero-order valence-electron chi connectivity index (χ0n) is 20.1. The van der Waals surface area contributed by atoms with Gasteiger partial charge in [0.25, 0.3) is 5.91 Å². The molecule has 0 saturated heterocycles. The molecule has 0 aliphatic carbocycles. The Hall–Kier alpha value is -3.98. The van der Waals surface area contributed by atoms with E-state index in [0.717, 1.165) is 16.8 Å². The summed E-state index contributed by atoms with van der Waals surface area (Å²) >= 11 is 1.38. The van der Waals surface area contributed by atoms with Crippen LogP contribution in [-0.2, 0) is 22.4 Å². The number of carboxylic acids is 1. The van der Waals surface area contributed by atoms with Crippen LogP contribution in [0.25, 0.3) is 21.5 Å². The smallest absolute Gasteiger partial charge is 0.326 e. The molecule has 0 spiro atoms. The molecule has 8 nitrogen and oxygen atoms in total. The van der Waals surface area contributed by atoms with Gasteiger partial charge in [-0.15, -0.1) is 11.3 Å². The Morgan fingerprint density at radius 3 is 2.61 bits per heavy atom. The maximum absolute atomic E-state index is 13.1. The van der Waals surface area contributed by atoms with Crippen LogP contribution in [0.3, 0.4) is 0 Å². The molecular formula is C27H26N2O6S. The summed E-state index contributed by atoms with van der Waals surface area (Å²) in [7, 11) is 0. The third kappa shape index (κ3) is 5.46. The molecule has 0 bridgehead atoms. The first-order chi connectivity index (χ1) is 17.3. The number of aryl methyl sites for hydroxylation is 2. The fourth-order valence-corrected chi connectivity index (χ4v) is 4.60. The second-order valence-corrected chi connectivity index (χ2v) is 9.29. The second-order valence-electron chi connectivity index (χ2n) is 8.43. The van der Waals surface area contributed by atoms with Crippen molar-refractivity contribution in [2.75, 3.05) is 0 Å². The van der Waals surface area contributed by atoms with Crippen LogP contribution >= 0.6 is 11.3 Å². The molecule has 1 unspecified atom stereocenters. The second kappa shape index (κ2) is 10.7. The van der Waals surface area contributed by atoms with E-state index in [1.54, 1.807) is 31.2 Å². The summed E-state index contributed by atoms with van der Waals surface area (Å²) in [5.41, 5.74) is 2.87. The van der Waals surface area contributed by atoms with Gasteiger partial charge in [-0.05, 0) is 37.5 Å². The summed E-state index contributed by atoms with van der Waals surface area (Å²) in [6, 6.07) is 11.3. The molecule has 2 heterocycles. The van der Waals surface area contributed by atoms with Crippen molar-refractivity contribution in [2.45, 2.75) is 45.8 Å². The molecule has 2 atom stereocenters. The Balaban J connectivity index is 1.55. The number of nitrogens with one attached hydrogen (secondary N) is 1. The first kappa shape index (κ1) is 25.1. The third-order valence-electron chi connectivity index (χ3n) is 5.76. The maximum Gasteiger partial charge on any atom is 0.326 e. The lowest BCUT2D eigenvalue weighted by Crippen LogP contribution is -2.47. The monoisotopic (exact) mass is 506 g/mol. The quantitative estimate of drug-likeness (QED) is 0.346. The molecule has 0 fully saturated rings. The van der Waals surface area contributed by atoms with Crippen LogP contribution in [0.1, 0.15) is 30.7 Å². The van der Waals surface area contributed by atoms with Crippen molar-refractivity contribution < 1.29 is 23.8 Å². The summed E-state index contributed by atoms with van der Waals surface area (Å²) in [5, 5.41) is 15.0. The van der Waals surface area contributed by atoms with Crippen LogP contribution < -0.4 is 15.5 Å². The van der Waals surface area contributed by atoms with E-state index in [1.165, 1.54) is 17.6 Å². The Morgan fingerprint density at radius 1 is 1.22 bits per heavy atom. The molecule has 36 heavy (non-hydrogen) atoms. The van der Waals surface area contributed by atoms with E-state index in [4.69, 9.17) is 9.15 Å². The van der Waals surface area contributed by atoms with Gasteiger partial charge in [0, 0.05) is 23.6 Å². The number of thiazole rings is 1. The highest BCUT2D eigenvalue weighted by Crippen LogP contribution is 2.29. The van der Waals surface area contributed by atoms with Gasteiger partial charge in [-0.1, -0.05) is 37.3 Å². The van der Waals surface area contributed by atoms with E-state index in [1.807, 2.05) is 37.4 Å². The highest BCUT2D eigenvalue weighted by atomic mass is 32.1. The number of amides is 1. The molecule has 2 N–H and O–H groups in total. The number of rotatable bonds is 9. The summed E-state index contributed by atoms with van der Waals surface area (Å²) < 4.78 is 11.7. The number of ether oxygens (including phenoxy) is 1. The zero-order chi connectivity index (χ0) is 25.8. The molecule has 2 aromatic carbocycles. The highest BCUT2D eigenvalue weighted by Gasteiger charge is 2.25. The van der Waals surface area contributed by atoms with Crippen molar-refractivity contribution in [2.24, 2.45) is 0 Å². The molecule has 2 aromatic heterocycles. The topological polar surface area (TPSA) is 119 Å². The minimum absolute atomic E-state index is 0.150. The number of benzene rings is 2. The summed E-state index contributed by atoms with van der Waals surface area (Å²) in [6.45, 7) is 5.32. The van der Waals surface area contributed by atoms with Crippen molar-refractivity contribution in [3.8, 4) is 16.3 Å². The Kier molecular flexibility index (Phi) is 7.49. The zero-order valence-corrected chi connectivity index (χ0v) is 20.9. The number of carboxylic acid groups (broad SMARTS) is 1. The Labute approximate surface area is 211 Å². The standard InChI is InChI=1S/C27H26N2O6S/c1-4-18-11-19-23(34-13-20(24(19)30)26-28-15(2)14-36-26)12-22(18)35-16(3)25(31)29-21(27(32)33)10-17-8-6-5-7-9-17/h5-9,11-14,16,21H,4,10H2,1-3H3,(H,29,31)(H,32,33)/t16?,21-/m1/s1. The predicted octanol–water partition coefficient (Wildman–Crippen LogP) is 4.37. The lowest BCUT2D eigenvalue weighted by molar-refractivity contribution is -0.142. The van der Waals surface area contributed by atoms with E-state index in [9.17, 15) is 19.5 Å². The lowest BCUT2D eigenvalue weighted by atomic mass is 10.1. The van der Waals surface area contributed by atoms with Crippen molar-refractivity contribution in [1.29, 1.82) is 0 Å². The number of nitrogens with zero attached hydrogens (tertiary/aromatic N) is 1. The Morgan fingerprint density at radius 2 is 1.97 bits per heavy atom. The van der Waals surface area contributed by atoms with E-state index < -0.39 is 24.0 Å². The largest absolute Gasteiger partial charge is 0.480 e. The average Bonchev–Trinajstić information content (AvgIpc) is 3.29. The van der Waals surface area contributed by atoms with Crippen LogP contribution in [0.15, 0.2) is 63.3 Å². The third-order valence-corrected chi connectivity index (χ3v) is 6.75. The average molecular weight is 507 g/mol. The number of hydrogen-bond donors (Lipinski definition) is 2. The molecule has 186 valence electrons. The van der Waals surface area contributed by atoms with Gasteiger partial charge >= 0.3 is 5.97 Å². The molecular weight excluding hydrogens is 480 g/mol. The molecule has 1 amide bonds. The van der Waals surface area contributed by atoms with E-state index in [-0.39, 0.29) is 11.8 Å². The van der Waals surface area contributed by atoms with Gasteiger partial charge in [0.15, 0.2) is 6.10 Å². The van der Waals surface area contributed by atoms with Crippen molar-refractivity contribution >= 4 is 34.2 Å². The molecule has 4 rings (SSSR count). The van der Waals surface area contributed by atoms with Gasteiger partial charge in [0.2, 0.25) is 5.43 Å². The number of carbonyl (C=O) groups excluding carboxylic acids is 1. The van der Waals surface area contributed by atoms with E-state index in [2.05, 4.69) is 10.3 Å². The minimum Gasteiger partial charge on any atom is -0.480 e. The minimum atomic E-state index is -1.13. The van der Waals surface area contributed by atoms with E-state index >= 15 is 0 Å². The number of hydrogen-bond acceptors (Lipinski definition) is 7. The summed E-state index contributed by atoms with van der Waals surface area (Å²) in [4.78, 5) is 42.0. The molecule has 9 heteroatoms. The molecule has 0 radical (unpaired) electrons. The lowest BCUT2D eigenvalue weighted by Gasteiger charge is -2.20. The molecule has 0 saturated carbocycles. The number of aliphatic carboxylic acids is 1. The van der Waals surface area contributed by atoms with Gasteiger partial charge in [0.1, 0.15) is 28.6 Å². The normalized spacial score (nSPS) is 12.8. The van der Waals surface area contributed by atoms with Crippen molar-refractivity contribution in [3.05, 3.63) is 81.2 Å². The van der Waals surface area contributed by atoms with Crippen LogP contribution in [0, 0.1) is 6.92 Å². The van der Waals surface area contributed by atoms with E-state index in [0.29, 0.717) is 33.7 Å². The first-order valence-corrected chi connectivity index (χ1v) is 12.4. The van der Waals surface area contributed by atoms with Gasteiger partial charge in [-0.3, -0.25) is 9.59 Å². The van der Waals surface area contributed by atoms with Crippen LogP contribution in [0.4, 0.5) is 0 Å². The predicted molar refractivity (Wildman–Crippen MR) is 138 cm³/mol. The van der Waals surface area contributed by atoms with Crippen LogP contribution in [0.2, 0.25) is 0 Å². The number of fused-ring (bicyclic) bond motifs is 1. The molecule has 0 aliphatic heterocycles. The molecule has 4 aromatic rings. The number of carbonyl (C=O) groups is 2. The van der Waals surface area contributed by atoms with Crippen molar-refractivity contribution in [1.82, 2.24) is 10.3 Å². The summed E-state index contributed by atoms with van der Waals surface area (Å²) in [5.74, 6) is -1.30. The fourth-order valence-electron chi connectivity index (χ4n) is 3.80. The van der Waals surface area contributed by atoms with Crippen LogP contribution in [-0.4, -0.2) is 34.1 Å². The number of aromatic nitrogens is 1. The highest BCUT2D eigenvalue weighted by molar-refractivity contribution is 7.13.